The van der Waals surface area contributed by atoms with Gasteiger partial charge in [-0.25, -0.2) is 0 Å². The molecule has 2 rings (SSSR count). The summed E-state index contributed by atoms with van der Waals surface area (Å²) in [6.45, 7) is 4.66. The maximum atomic E-state index is 12.7. The van der Waals surface area contributed by atoms with Crippen LogP contribution in [-0.4, -0.2) is 47.7 Å². The molecule has 0 bridgehead atoms. The van der Waals surface area contributed by atoms with Crippen molar-refractivity contribution in [1.29, 1.82) is 0 Å². The van der Waals surface area contributed by atoms with Crippen molar-refractivity contribution in [3.8, 4) is 0 Å². The second-order valence-electron chi connectivity index (χ2n) is 5.10. The lowest BCUT2D eigenvalue weighted by Gasteiger charge is -2.29. The lowest BCUT2D eigenvalue weighted by atomic mass is 10.0. The molecule has 1 aromatic rings. The van der Waals surface area contributed by atoms with E-state index in [1.54, 1.807) is 17.0 Å². The minimum atomic E-state index is -0.922. The smallest absolute Gasteiger partial charge is 0.311 e. The number of hydrogen-bond acceptors (Lipinski definition) is 3. The van der Waals surface area contributed by atoms with Gasteiger partial charge in [0.2, 0.25) is 0 Å². The monoisotopic (exact) mass is 355 g/mol. The number of halogens is 1. The molecule has 0 saturated carbocycles. The first-order valence-corrected chi connectivity index (χ1v) is 7.62. The summed E-state index contributed by atoms with van der Waals surface area (Å²) >= 11 is 3.41. The van der Waals surface area contributed by atoms with Gasteiger partial charge in [0.05, 0.1) is 19.3 Å². The third kappa shape index (κ3) is 3.27. The van der Waals surface area contributed by atoms with Gasteiger partial charge in [-0.1, -0.05) is 22.0 Å². The van der Waals surface area contributed by atoms with Crippen LogP contribution in [-0.2, 0) is 9.53 Å². The standard InChI is InChI=1S/C15H18BrNO4/c1-3-17(13-8-21-7-11(13)15(19)20)14(18)10-5-4-9(2)12(16)6-10/h4-6,11,13H,3,7-8H2,1-2H3,(H,19,20). The van der Waals surface area contributed by atoms with Gasteiger partial charge >= 0.3 is 5.97 Å². The second-order valence-corrected chi connectivity index (χ2v) is 5.96. The van der Waals surface area contributed by atoms with Crippen LogP contribution < -0.4 is 0 Å². The topological polar surface area (TPSA) is 66.8 Å². The van der Waals surface area contributed by atoms with E-state index >= 15 is 0 Å². The molecule has 0 aliphatic carbocycles. The highest BCUT2D eigenvalue weighted by molar-refractivity contribution is 9.10. The normalized spacial score (nSPS) is 21.3. The Morgan fingerprint density at radius 2 is 2.14 bits per heavy atom. The van der Waals surface area contributed by atoms with Crippen LogP contribution in [0.2, 0.25) is 0 Å². The van der Waals surface area contributed by atoms with Crippen molar-refractivity contribution in [2.24, 2.45) is 5.92 Å². The number of rotatable bonds is 4. The van der Waals surface area contributed by atoms with Crippen molar-refractivity contribution in [3.63, 3.8) is 0 Å². The van der Waals surface area contributed by atoms with Crippen molar-refractivity contribution < 1.29 is 19.4 Å². The van der Waals surface area contributed by atoms with E-state index < -0.39 is 17.9 Å². The van der Waals surface area contributed by atoms with Crippen LogP contribution in [0, 0.1) is 12.8 Å². The van der Waals surface area contributed by atoms with Crippen LogP contribution in [0.5, 0.6) is 0 Å². The highest BCUT2D eigenvalue weighted by Gasteiger charge is 2.39. The fourth-order valence-corrected chi connectivity index (χ4v) is 2.89. The van der Waals surface area contributed by atoms with E-state index in [0.717, 1.165) is 10.0 Å². The highest BCUT2D eigenvalue weighted by Crippen LogP contribution is 2.24. The van der Waals surface area contributed by atoms with Gasteiger partial charge in [0, 0.05) is 16.6 Å². The molecule has 6 heteroatoms. The fourth-order valence-electron chi connectivity index (χ4n) is 2.51. The Kier molecular flexibility index (Phi) is 5.00. The minimum absolute atomic E-state index is 0.154. The van der Waals surface area contributed by atoms with Crippen LogP contribution in [0.4, 0.5) is 0 Å². The summed E-state index contributed by atoms with van der Waals surface area (Å²) in [4.78, 5) is 25.5. The highest BCUT2D eigenvalue weighted by atomic mass is 79.9. The summed E-state index contributed by atoms with van der Waals surface area (Å²) in [5, 5.41) is 9.24. The second kappa shape index (κ2) is 6.58. The van der Waals surface area contributed by atoms with Gasteiger partial charge in [-0.3, -0.25) is 9.59 Å². The summed E-state index contributed by atoms with van der Waals surface area (Å²) < 4.78 is 6.12. The number of amides is 1. The maximum Gasteiger partial charge on any atom is 0.311 e. The van der Waals surface area contributed by atoms with Gasteiger partial charge in [-0.2, -0.15) is 0 Å². The third-order valence-corrected chi connectivity index (χ3v) is 4.64. The Labute approximate surface area is 132 Å². The molecule has 0 spiro atoms. The van der Waals surface area contributed by atoms with Crippen LogP contribution in [0.15, 0.2) is 22.7 Å². The van der Waals surface area contributed by atoms with Crippen molar-refractivity contribution in [3.05, 3.63) is 33.8 Å². The molecule has 0 radical (unpaired) electrons. The van der Waals surface area contributed by atoms with E-state index in [-0.39, 0.29) is 19.1 Å². The van der Waals surface area contributed by atoms with Gasteiger partial charge in [0.1, 0.15) is 5.92 Å². The van der Waals surface area contributed by atoms with Crippen molar-refractivity contribution in [1.82, 2.24) is 4.90 Å². The van der Waals surface area contributed by atoms with Gasteiger partial charge in [0.25, 0.3) is 5.91 Å². The van der Waals surface area contributed by atoms with Crippen molar-refractivity contribution in [2.75, 3.05) is 19.8 Å². The molecular weight excluding hydrogens is 338 g/mol. The Balaban J connectivity index is 2.26. The zero-order valence-electron chi connectivity index (χ0n) is 12.0. The van der Waals surface area contributed by atoms with Gasteiger partial charge in [-0.05, 0) is 31.5 Å². The van der Waals surface area contributed by atoms with E-state index in [1.807, 2.05) is 19.9 Å². The maximum absolute atomic E-state index is 12.7. The lowest BCUT2D eigenvalue weighted by Crippen LogP contribution is -2.46. The minimum Gasteiger partial charge on any atom is -0.481 e. The number of nitrogens with zero attached hydrogens (tertiary/aromatic N) is 1. The summed E-state index contributed by atoms with van der Waals surface area (Å²) in [5.74, 6) is -1.75. The molecule has 1 N–H and O–H groups in total. The zero-order chi connectivity index (χ0) is 15.6. The number of carboxylic acids is 1. The molecule has 21 heavy (non-hydrogen) atoms. The van der Waals surface area contributed by atoms with E-state index in [4.69, 9.17) is 4.74 Å². The molecule has 0 aromatic heterocycles. The number of ether oxygens (including phenoxy) is 1. The molecule has 2 unspecified atom stereocenters. The van der Waals surface area contributed by atoms with Gasteiger partial charge < -0.3 is 14.7 Å². The number of aryl methyl sites for hydroxylation is 1. The molecule has 1 fully saturated rings. The number of carboxylic acid groups (broad SMARTS) is 1. The molecule has 1 saturated heterocycles. The predicted octanol–water partition coefficient (Wildman–Crippen LogP) is 2.32. The molecule has 1 amide bonds. The Morgan fingerprint density at radius 1 is 1.43 bits per heavy atom. The molecule has 1 heterocycles. The first-order valence-electron chi connectivity index (χ1n) is 6.83. The van der Waals surface area contributed by atoms with Crippen LogP contribution in [0.25, 0.3) is 0 Å². The lowest BCUT2D eigenvalue weighted by molar-refractivity contribution is -0.142. The zero-order valence-corrected chi connectivity index (χ0v) is 13.6. The Bertz CT molecular complexity index is 561. The number of likely N-dealkylation sites (N-methyl/N-ethyl adjacent to an activating group) is 1. The third-order valence-electron chi connectivity index (χ3n) is 3.79. The number of aliphatic carboxylic acids is 1. The summed E-state index contributed by atoms with van der Waals surface area (Å²) in [5.41, 5.74) is 1.59. The number of carbonyl (C=O) groups is 2. The first kappa shape index (κ1) is 16.0. The Hall–Kier alpha value is -1.40. The van der Waals surface area contributed by atoms with Gasteiger partial charge in [-0.15, -0.1) is 0 Å². The Morgan fingerprint density at radius 3 is 2.71 bits per heavy atom. The summed E-state index contributed by atoms with van der Waals surface area (Å²) in [6.07, 6.45) is 0. The van der Waals surface area contributed by atoms with E-state index in [9.17, 15) is 14.7 Å². The van der Waals surface area contributed by atoms with Gasteiger partial charge in [0.15, 0.2) is 0 Å². The SMILES string of the molecule is CCN(C(=O)c1ccc(C)c(Br)c1)C1COCC1C(=O)O. The molecule has 1 aliphatic rings. The summed E-state index contributed by atoms with van der Waals surface area (Å²) in [6, 6.07) is 4.98. The number of carbonyl (C=O) groups excluding carboxylic acids is 1. The largest absolute Gasteiger partial charge is 0.481 e. The molecular formula is C15H18BrNO4. The number of hydrogen-bond donors (Lipinski definition) is 1. The molecule has 1 aliphatic heterocycles. The molecule has 114 valence electrons. The molecule has 2 atom stereocenters. The average molecular weight is 356 g/mol. The predicted molar refractivity (Wildman–Crippen MR) is 81.3 cm³/mol. The molecule has 1 aromatic carbocycles. The number of benzene rings is 1. The van der Waals surface area contributed by atoms with Crippen molar-refractivity contribution >= 4 is 27.8 Å². The molecule has 5 nitrogen and oxygen atoms in total. The van der Waals surface area contributed by atoms with Crippen molar-refractivity contribution in [2.45, 2.75) is 19.9 Å². The van der Waals surface area contributed by atoms with E-state index in [0.29, 0.717) is 12.1 Å². The average Bonchev–Trinajstić information content (AvgIpc) is 2.92. The fraction of sp³-hybridized carbons (Fsp3) is 0.467. The van der Waals surface area contributed by atoms with E-state index in [1.165, 1.54) is 0 Å². The van der Waals surface area contributed by atoms with Crippen LogP contribution >= 0.6 is 15.9 Å². The van der Waals surface area contributed by atoms with Crippen LogP contribution in [0.1, 0.15) is 22.8 Å². The first-order chi connectivity index (χ1) is 9.95. The summed E-state index contributed by atoms with van der Waals surface area (Å²) in [7, 11) is 0. The van der Waals surface area contributed by atoms with Crippen LogP contribution in [0.3, 0.4) is 0 Å². The quantitative estimate of drug-likeness (QED) is 0.899. The van der Waals surface area contributed by atoms with E-state index in [2.05, 4.69) is 15.9 Å².